The first-order chi connectivity index (χ1) is 13.2. The fourth-order valence-electron chi connectivity index (χ4n) is 1.88. The van der Waals surface area contributed by atoms with Crippen molar-refractivity contribution in [2.24, 2.45) is 5.41 Å². The van der Waals surface area contributed by atoms with Gasteiger partial charge in [-0.2, -0.15) is 0 Å². The molecule has 2 rings (SSSR count). The van der Waals surface area contributed by atoms with Crippen LogP contribution in [0.3, 0.4) is 0 Å². The summed E-state index contributed by atoms with van der Waals surface area (Å²) in [6.07, 6.45) is 1.36. The van der Waals surface area contributed by atoms with E-state index in [-0.39, 0.29) is 29.7 Å². The van der Waals surface area contributed by atoms with Crippen molar-refractivity contribution in [3.8, 4) is 5.75 Å². The number of hydrogen-bond donors (Lipinski definition) is 1. The number of furan rings is 1. The van der Waals surface area contributed by atoms with Crippen molar-refractivity contribution in [3.63, 3.8) is 0 Å². The number of aliphatic hydroxyl groups excluding tert-OH is 1. The lowest BCUT2D eigenvalue weighted by Gasteiger charge is -2.17. The summed E-state index contributed by atoms with van der Waals surface area (Å²) in [5.74, 6) is -1.62. The Balaban J connectivity index is 2.00. The molecule has 1 N–H and O–H groups in total. The zero-order valence-corrected chi connectivity index (χ0v) is 17.7. The highest BCUT2D eigenvalue weighted by molar-refractivity contribution is 7.39. The third-order valence-electron chi connectivity index (χ3n) is 3.47. The number of rotatable bonds is 10. The van der Waals surface area contributed by atoms with E-state index >= 15 is 0 Å². The van der Waals surface area contributed by atoms with Gasteiger partial charge >= 0.3 is 19.8 Å². The SMILES string of the molecule is CC(C)(CO)CO[P+](=O)C(OC(=O)COc1ccc(Cl)cc1Cl)c1ccco1. The molecule has 0 fully saturated rings. The Kier molecular flexibility index (Phi) is 8.28. The second kappa shape index (κ2) is 10.2. The molecular weight excluding hydrogens is 430 g/mol. The lowest BCUT2D eigenvalue weighted by molar-refractivity contribution is -0.149. The van der Waals surface area contributed by atoms with E-state index in [4.69, 9.17) is 41.6 Å². The first-order valence-corrected chi connectivity index (χ1v) is 10.2. The molecule has 2 aromatic rings. The quantitative estimate of drug-likeness (QED) is 0.403. The predicted octanol–water partition coefficient (Wildman–Crippen LogP) is 4.98. The average molecular weight is 450 g/mol. The van der Waals surface area contributed by atoms with E-state index in [0.29, 0.717) is 5.02 Å². The fraction of sp³-hybridized carbons (Fsp3) is 0.389. The van der Waals surface area contributed by atoms with Gasteiger partial charge in [0.15, 0.2) is 12.4 Å². The van der Waals surface area contributed by atoms with Gasteiger partial charge < -0.3 is 19.0 Å². The van der Waals surface area contributed by atoms with Crippen molar-refractivity contribution in [1.29, 1.82) is 0 Å². The van der Waals surface area contributed by atoms with Gasteiger partial charge in [0, 0.05) is 10.4 Å². The minimum Gasteiger partial charge on any atom is -0.480 e. The molecule has 1 heterocycles. The first kappa shape index (κ1) is 22.7. The average Bonchev–Trinajstić information content (AvgIpc) is 3.18. The molecule has 152 valence electrons. The summed E-state index contributed by atoms with van der Waals surface area (Å²) in [7, 11) is -2.47. The number of esters is 1. The molecule has 28 heavy (non-hydrogen) atoms. The molecule has 0 aliphatic carbocycles. The molecule has 2 atom stereocenters. The van der Waals surface area contributed by atoms with Crippen LogP contribution in [0.15, 0.2) is 41.0 Å². The number of hydrogen-bond acceptors (Lipinski definition) is 7. The van der Waals surface area contributed by atoms with Crippen LogP contribution in [0.1, 0.15) is 25.5 Å². The fourth-order valence-corrected chi connectivity index (χ4v) is 3.51. The van der Waals surface area contributed by atoms with Crippen LogP contribution in [0.25, 0.3) is 0 Å². The maximum Gasteiger partial charge on any atom is 0.562 e. The van der Waals surface area contributed by atoms with Gasteiger partial charge in [-0.15, -0.1) is 4.52 Å². The number of carbonyl (C=O) groups is 1. The summed E-state index contributed by atoms with van der Waals surface area (Å²) in [5.41, 5.74) is -0.600. The highest BCUT2D eigenvalue weighted by Gasteiger charge is 2.42. The third kappa shape index (κ3) is 6.76. The number of carbonyl (C=O) groups excluding carboxylic acids is 1. The Morgan fingerprint density at radius 1 is 1.32 bits per heavy atom. The summed E-state index contributed by atoms with van der Waals surface area (Å²) in [6.45, 7) is 2.87. The Morgan fingerprint density at radius 2 is 2.07 bits per heavy atom. The van der Waals surface area contributed by atoms with Crippen LogP contribution in [-0.2, 0) is 18.6 Å². The van der Waals surface area contributed by atoms with Gasteiger partial charge in [0.05, 0.1) is 17.9 Å². The van der Waals surface area contributed by atoms with Crippen molar-refractivity contribution >= 4 is 37.2 Å². The molecule has 0 saturated heterocycles. The van der Waals surface area contributed by atoms with Crippen molar-refractivity contribution in [2.45, 2.75) is 19.7 Å². The number of ether oxygens (including phenoxy) is 2. The van der Waals surface area contributed by atoms with E-state index in [0.717, 1.165) is 0 Å². The Hall–Kier alpha value is -1.63. The van der Waals surface area contributed by atoms with Crippen LogP contribution < -0.4 is 4.74 Å². The zero-order chi connectivity index (χ0) is 20.7. The van der Waals surface area contributed by atoms with E-state index in [1.807, 2.05) is 0 Å². The summed E-state index contributed by atoms with van der Waals surface area (Å²) >= 11 is 11.8. The number of aliphatic hydroxyl groups is 1. The molecule has 0 radical (unpaired) electrons. The largest absolute Gasteiger partial charge is 0.562 e. The van der Waals surface area contributed by atoms with Gasteiger partial charge in [0.2, 0.25) is 0 Å². The maximum atomic E-state index is 12.5. The lowest BCUT2D eigenvalue weighted by Crippen LogP contribution is -2.23. The zero-order valence-electron chi connectivity index (χ0n) is 15.3. The second-order valence-electron chi connectivity index (χ2n) is 6.60. The van der Waals surface area contributed by atoms with Crippen molar-refractivity contribution in [1.82, 2.24) is 0 Å². The van der Waals surface area contributed by atoms with E-state index < -0.39 is 31.9 Å². The molecule has 10 heteroatoms. The van der Waals surface area contributed by atoms with Gasteiger partial charge in [0.1, 0.15) is 12.4 Å². The van der Waals surface area contributed by atoms with E-state index in [9.17, 15) is 14.5 Å². The summed E-state index contributed by atoms with van der Waals surface area (Å²) in [5, 5.41) is 9.95. The molecule has 2 unspecified atom stereocenters. The highest BCUT2D eigenvalue weighted by atomic mass is 35.5. The molecule has 0 aliphatic heterocycles. The topological polar surface area (TPSA) is 95.2 Å². The molecule has 1 aromatic heterocycles. The lowest BCUT2D eigenvalue weighted by atomic mass is 9.97. The summed E-state index contributed by atoms with van der Waals surface area (Å²) in [4.78, 5) is 12.2. The molecule has 0 saturated carbocycles. The van der Waals surface area contributed by atoms with Gasteiger partial charge in [-0.25, -0.2) is 4.79 Å². The van der Waals surface area contributed by atoms with Crippen LogP contribution in [0.2, 0.25) is 10.0 Å². The van der Waals surface area contributed by atoms with Crippen LogP contribution in [0.5, 0.6) is 5.75 Å². The van der Waals surface area contributed by atoms with Gasteiger partial charge in [-0.05, 0) is 34.9 Å². The summed E-state index contributed by atoms with van der Waals surface area (Å²) < 4.78 is 33.6. The smallest absolute Gasteiger partial charge is 0.480 e. The maximum absolute atomic E-state index is 12.5. The molecule has 0 aliphatic rings. The van der Waals surface area contributed by atoms with Crippen LogP contribution in [0.4, 0.5) is 0 Å². The molecule has 0 bridgehead atoms. The Labute approximate surface area is 173 Å². The molecule has 0 spiro atoms. The molecular formula is C18H20Cl2O7P+. The van der Waals surface area contributed by atoms with Crippen molar-refractivity contribution in [2.75, 3.05) is 19.8 Å². The Bertz CT molecular complexity index is 808. The van der Waals surface area contributed by atoms with Crippen LogP contribution in [-0.4, -0.2) is 30.9 Å². The predicted molar refractivity (Wildman–Crippen MR) is 104 cm³/mol. The molecule has 1 aromatic carbocycles. The monoisotopic (exact) mass is 449 g/mol. The minimum atomic E-state index is -2.47. The van der Waals surface area contributed by atoms with Gasteiger partial charge in [0.25, 0.3) is 0 Å². The molecule has 7 nitrogen and oxygen atoms in total. The first-order valence-electron chi connectivity index (χ1n) is 8.23. The third-order valence-corrected chi connectivity index (χ3v) is 5.13. The van der Waals surface area contributed by atoms with Gasteiger partial charge in [-0.3, -0.25) is 0 Å². The second-order valence-corrected chi connectivity index (χ2v) is 8.74. The van der Waals surface area contributed by atoms with Crippen molar-refractivity contribution in [3.05, 3.63) is 52.4 Å². The summed E-state index contributed by atoms with van der Waals surface area (Å²) in [6, 6.07) is 7.64. The number of halogens is 2. The van der Waals surface area contributed by atoms with Crippen molar-refractivity contribution < 1.29 is 32.9 Å². The van der Waals surface area contributed by atoms with E-state index in [2.05, 4.69) is 0 Å². The normalized spacial score (nSPS) is 13.1. The minimum absolute atomic E-state index is 0.00431. The van der Waals surface area contributed by atoms with E-state index in [1.54, 1.807) is 26.0 Å². The van der Waals surface area contributed by atoms with Crippen LogP contribution in [0, 0.1) is 5.41 Å². The standard InChI is InChI=1S/C18H20Cl2O7P/c1-18(2,10-21)11-26-28(23)17(15-4-3-7-24-15)27-16(22)9-25-14-6-5-12(19)8-13(14)20/h3-8,17,21H,9-11H2,1-2H3/q+1. The number of benzene rings is 1. The highest BCUT2D eigenvalue weighted by Crippen LogP contribution is 2.44. The molecule has 0 amide bonds. The van der Waals surface area contributed by atoms with Crippen LogP contribution >= 0.6 is 31.2 Å². The van der Waals surface area contributed by atoms with E-state index in [1.165, 1.54) is 24.5 Å². The Morgan fingerprint density at radius 3 is 2.68 bits per heavy atom. The van der Waals surface area contributed by atoms with Gasteiger partial charge in [-0.1, -0.05) is 37.0 Å².